The molecule has 0 aromatic heterocycles. The molecule has 0 amide bonds. The van der Waals surface area contributed by atoms with E-state index in [0.29, 0.717) is 29.5 Å². The lowest BCUT2D eigenvalue weighted by Crippen LogP contribution is -2.45. The van der Waals surface area contributed by atoms with Gasteiger partial charge in [-0.1, -0.05) is 53.9 Å². The van der Waals surface area contributed by atoms with Crippen LogP contribution in [0.3, 0.4) is 0 Å². The van der Waals surface area contributed by atoms with E-state index in [9.17, 15) is 9.59 Å². The lowest BCUT2D eigenvalue weighted by atomic mass is 9.54. The number of hydrogen-bond acceptors (Lipinski definition) is 2. The highest BCUT2D eigenvalue weighted by atomic mass is 16.1. The van der Waals surface area contributed by atoms with E-state index in [1.54, 1.807) is 6.08 Å². The van der Waals surface area contributed by atoms with Crippen LogP contribution >= 0.6 is 0 Å². The number of allylic oxidation sites excluding steroid dienone is 2. The van der Waals surface area contributed by atoms with Crippen molar-refractivity contribution >= 4 is 11.6 Å². The Morgan fingerprint density at radius 2 is 1.75 bits per heavy atom. The van der Waals surface area contributed by atoms with Gasteiger partial charge in [0.05, 0.1) is 0 Å². The molecule has 7 unspecified atom stereocenters. The number of hydrogen-bond donors (Lipinski definition) is 0. The molecule has 4 aliphatic carbocycles. The molecule has 28 heavy (non-hydrogen) atoms. The molecular formula is C26H40O2. The third-order valence-corrected chi connectivity index (χ3v) is 9.67. The molecule has 0 aromatic rings. The van der Waals surface area contributed by atoms with Crippen molar-refractivity contribution in [2.45, 2.75) is 92.4 Å². The second kappa shape index (κ2) is 7.10. The average molecular weight is 385 g/mol. The fourth-order valence-electron chi connectivity index (χ4n) is 8.08. The van der Waals surface area contributed by atoms with Gasteiger partial charge in [-0.25, -0.2) is 0 Å². The van der Waals surface area contributed by atoms with Crippen molar-refractivity contribution in [1.29, 1.82) is 0 Å². The zero-order chi connectivity index (χ0) is 20.3. The fourth-order valence-corrected chi connectivity index (χ4v) is 8.08. The summed E-state index contributed by atoms with van der Waals surface area (Å²) in [6.07, 6.45) is 12.3. The number of Topliss-reactive ketones (excluding diaryl/α,β-unsaturated/α-hetero) is 1. The molecular weight excluding hydrogens is 344 g/mol. The third-order valence-electron chi connectivity index (χ3n) is 9.67. The zero-order valence-corrected chi connectivity index (χ0v) is 18.7. The molecule has 2 heteroatoms. The van der Waals surface area contributed by atoms with Gasteiger partial charge in [0, 0.05) is 23.3 Å². The van der Waals surface area contributed by atoms with E-state index in [-0.39, 0.29) is 17.1 Å². The van der Waals surface area contributed by atoms with E-state index in [2.05, 4.69) is 34.6 Å². The second-order valence-electron chi connectivity index (χ2n) is 11.6. The van der Waals surface area contributed by atoms with Gasteiger partial charge >= 0.3 is 0 Å². The van der Waals surface area contributed by atoms with Gasteiger partial charge in [0.2, 0.25) is 0 Å². The standard InChI is InChI=1S/C26H40O2/c1-16(2)7-6-8-17(3)19-9-10-20-23-21(12-14-25(19,20)4)26(5)13-11-18(27)15-22(26)24(23)28/h15-17,19-21,23H,6-14H2,1-5H3. The van der Waals surface area contributed by atoms with Crippen molar-refractivity contribution in [2.24, 2.45) is 46.3 Å². The summed E-state index contributed by atoms with van der Waals surface area (Å²) in [4.78, 5) is 25.6. The van der Waals surface area contributed by atoms with Crippen LogP contribution < -0.4 is 0 Å². The Morgan fingerprint density at radius 3 is 2.46 bits per heavy atom. The number of fused-ring (bicyclic) bond motifs is 5. The molecule has 0 aromatic carbocycles. The van der Waals surface area contributed by atoms with Crippen molar-refractivity contribution < 1.29 is 9.59 Å². The van der Waals surface area contributed by atoms with E-state index in [1.807, 2.05) is 0 Å². The molecule has 0 aliphatic heterocycles. The Bertz CT molecular complexity index is 689. The van der Waals surface area contributed by atoms with Crippen LogP contribution in [-0.4, -0.2) is 11.6 Å². The summed E-state index contributed by atoms with van der Waals surface area (Å²) in [6, 6.07) is 0. The summed E-state index contributed by atoms with van der Waals surface area (Å²) >= 11 is 0. The zero-order valence-electron chi connectivity index (χ0n) is 18.7. The van der Waals surface area contributed by atoms with Crippen LogP contribution in [0.25, 0.3) is 0 Å². The molecule has 0 saturated heterocycles. The number of carbonyl (C=O) groups is 2. The normalized spacial score (nSPS) is 43.6. The van der Waals surface area contributed by atoms with E-state index in [0.717, 1.165) is 29.7 Å². The molecule has 0 spiro atoms. The van der Waals surface area contributed by atoms with Gasteiger partial charge in [-0.3, -0.25) is 9.59 Å². The highest BCUT2D eigenvalue weighted by Crippen LogP contribution is 2.68. The predicted octanol–water partition coefficient (Wildman–Crippen LogP) is 6.39. The summed E-state index contributed by atoms with van der Waals surface area (Å²) in [5, 5.41) is 0. The minimum atomic E-state index is -0.0298. The van der Waals surface area contributed by atoms with Crippen molar-refractivity contribution in [3.8, 4) is 0 Å². The Kier molecular flexibility index (Phi) is 5.16. The molecule has 4 aliphatic rings. The molecule has 0 radical (unpaired) electrons. The van der Waals surface area contributed by atoms with Gasteiger partial charge in [0.25, 0.3) is 0 Å². The summed E-state index contributed by atoms with van der Waals surface area (Å²) in [6.45, 7) is 11.9. The van der Waals surface area contributed by atoms with Crippen molar-refractivity contribution in [3.05, 3.63) is 11.6 Å². The topological polar surface area (TPSA) is 34.1 Å². The van der Waals surface area contributed by atoms with Crippen LogP contribution in [0.4, 0.5) is 0 Å². The van der Waals surface area contributed by atoms with Crippen LogP contribution in [-0.2, 0) is 9.59 Å². The van der Waals surface area contributed by atoms with E-state index in [4.69, 9.17) is 0 Å². The lowest BCUT2D eigenvalue weighted by molar-refractivity contribution is -0.125. The summed E-state index contributed by atoms with van der Waals surface area (Å²) in [7, 11) is 0. The Morgan fingerprint density at radius 1 is 1.00 bits per heavy atom. The monoisotopic (exact) mass is 384 g/mol. The fraction of sp³-hybridized carbons (Fsp3) is 0.846. The van der Waals surface area contributed by atoms with E-state index < -0.39 is 0 Å². The molecule has 3 saturated carbocycles. The summed E-state index contributed by atoms with van der Waals surface area (Å²) in [5.41, 5.74) is 1.19. The molecule has 0 heterocycles. The minimum absolute atomic E-state index is 0.0298. The van der Waals surface area contributed by atoms with Crippen LogP contribution in [0.15, 0.2) is 11.6 Å². The molecule has 0 bridgehead atoms. The summed E-state index contributed by atoms with van der Waals surface area (Å²) in [5.74, 6) is 4.06. The Labute approximate surface area is 171 Å². The lowest BCUT2D eigenvalue weighted by Gasteiger charge is -2.50. The quantitative estimate of drug-likeness (QED) is 0.550. The van der Waals surface area contributed by atoms with Gasteiger partial charge in [-0.05, 0) is 73.2 Å². The maximum atomic E-state index is 13.5. The number of carbonyl (C=O) groups excluding carboxylic acids is 2. The van der Waals surface area contributed by atoms with Crippen LogP contribution in [0.5, 0.6) is 0 Å². The van der Waals surface area contributed by atoms with Gasteiger partial charge < -0.3 is 0 Å². The highest BCUT2D eigenvalue weighted by Gasteiger charge is 2.64. The van der Waals surface area contributed by atoms with Gasteiger partial charge in [0.1, 0.15) is 0 Å². The SMILES string of the molecule is CC(C)CCCC(C)C1CCC2C3C(=O)C4=CC(=O)CCC4(C)C3CCC12C. The molecule has 4 rings (SSSR count). The predicted molar refractivity (Wildman–Crippen MR) is 114 cm³/mol. The average Bonchev–Trinajstić information content (AvgIpc) is 3.08. The van der Waals surface area contributed by atoms with Gasteiger partial charge in [-0.15, -0.1) is 0 Å². The summed E-state index contributed by atoms with van der Waals surface area (Å²) < 4.78 is 0. The molecule has 7 atom stereocenters. The van der Waals surface area contributed by atoms with Gasteiger partial charge in [0.15, 0.2) is 11.6 Å². The van der Waals surface area contributed by atoms with Crippen molar-refractivity contribution in [3.63, 3.8) is 0 Å². The number of ketones is 2. The first-order valence-corrected chi connectivity index (χ1v) is 12.0. The maximum absolute atomic E-state index is 13.5. The third kappa shape index (κ3) is 2.96. The maximum Gasteiger partial charge on any atom is 0.163 e. The largest absolute Gasteiger partial charge is 0.295 e. The molecule has 2 nitrogen and oxygen atoms in total. The molecule has 156 valence electrons. The van der Waals surface area contributed by atoms with E-state index >= 15 is 0 Å². The van der Waals surface area contributed by atoms with Crippen LogP contribution in [0.2, 0.25) is 0 Å². The molecule has 3 fully saturated rings. The smallest absolute Gasteiger partial charge is 0.163 e. The van der Waals surface area contributed by atoms with Gasteiger partial charge in [-0.2, -0.15) is 0 Å². The number of rotatable bonds is 5. The van der Waals surface area contributed by atoms with Crippen LogP contribution in [0, 0.1) is 46.3 Å². The minimum Gasteiger partial charge on any atom is -0.295 e. The first-order chi connectivity index (χ1) is 13.2. The molecule has 0 N–H and O–H groups in total. The Balaban J connectivity index is 1.56. The second-order valence-corrected chi connectivity index (χ2v) is 11.6. The van der Waals surface area contributed by atoms with Crippen LogP contribution in [0.1, 0.15) is 92.4 Å². The van der Waals surface area contributed by atoms with Crippen molar-refractivity contribution in [2.75, 3.05) is 0 Å². The Hall–Kier alpha value is -0.920. The highest BCUT2D eigenvalue weighted by molar-refractivity contribution is 6.08. The first kappa shape index (κ1) is 20.4. The first-order valence-electron chi connectivity index (χ1n) is 12.0. The van der Waals surface area contributed by atoms with Crippen molar-refractivity contribution in [1.82, 2.24) is 0 Å². The van der Waals surface area contributed by atoms with E-state index in [1.165, 1.54) is 44.9 Å².